The minimum Gasteiger partial charge on any atom is -0.399 e. The number of carbonyl (C=O) groups is 1. The lowest BCUT2D eigenvalue weighted by Crippen LogP contribution is -1.85. The number of nitrogens with two attached hydrogens (primary N) is 1. The number of aromatic nitrogens is 1. The molecule has 0 fully saturated rings. The van der Waals surface area contributed by atoms with Crippen molar-refractivity contribution >= 4 is 35.1 Å². The average molecular weight is 241 g/mol. The third-order valence-electron chi connectivity index (χ3n) is 1.45. The van der Waals surface area contributed by atoms with Crippen molar-refractivity contribution in [3.63, 3.8) is 0 Å². The van der Waals surface area contributed by atoms with Gasteiger partial charge in [0.25, 0.3) is 0 Å². The second-order valence-corrected chi connectivity index (χ2v) is 3.66. The third kappa shape index (κ3) is 4.58. The quantitative estimate of drug-likeness (QED) is 0.616. The monoisotopic (exact) mass is 240 g/mol. The molecule has 0 aliphatic rings. The van der Waals surface area contributed by atoms with Gasteiger partial charge in [-0.15, -0.1) is 0 Å². The summed E-state index contributed by atoms with van der Waals surface area (Å²) >= 11 is 6.71. The van der Waals surface area contributed by atoms with Crippen LogP contribution < -0.4 is 5.73 Å². The average Bonchev–Trinajstić information content (AvgIpc) is 2.70. The van der Waals surface area contributed by atoms with E-state index in [4.69, 9.17) is 17.3 Å². The van der Waals surface area contributed by atoms with Gasteiger partial charge in [-0.05, 0) is 29.7 Å². The van der Waals surface area contributed by atoms with Crippen LogP contribution in [0.5, 0.6) is 0 Å². The van der Waals surface area contributed by atoms with Crippen LogP contribution in [-0.4, -0.2) is 10.7 Å². The SMILES string of the molecule is Clc1ccsn1.Nc1cccc(C=O)c1. The van der Waals surface area contributed by atoms with Gasteiger partial charge < -0.3 is 5.73 Å². The zero-order valence-electron chi connectivity index (χ0n) is 7.76. The molecule has 0 unspecified atom stereocenters. The van der Waals surface area contributed by atoms with Gasteiger partial charge in [0.05, 0.1) is 0 Å². The maximum Gasteiger partial charge on any atom is 0.150 e. The third-order valence-corrected chi connectivity index (χ3v) is 2.32. The first-order valence-corrected chi connectivity index (χ1v) is 5.30. The lowest BCUT2D eigenvalue weighted by molar-refractivity contribution is 0.112. The molecule has 1 aromatic heterocycles. The summed E-state index contributed by atoms with van der Waals surface area (Å²) in [4.78, 5) is 10.1. The van der Waals surface area contributed by atoms with Gasteiger partial charge >= 0.3 is 0 Å². The molecule has 2 aromatic rings. The Morgan fingerprint density at radius 3 is 2.53 bits per heavy atom. The summed E-state index contributed by atoms with van der Waals surface area (Å²) in [5, 5.41) is 2.42. The molecule has 0 spiro atoms. The van der Waals surface area contributed by atoms with E-state index in [1.165, 1.54) is 11.5 Å². The maximum atomic E-state index is 10.1. The largest absolute Gasteiger partial charge is 0.399 e. The summed E-state index contributed by atoms with van der Waals surface area (Å²) in [6.07, 6.45) is 0.774. The van der Waals surface area contributed by atoms with Gasteiger partial charge in [-0.2, -0.15) is 4.37 Å². The van der Waals surface area contributed by atoms with Crippen LogP contribution in [0.3, 0.4) is 0 Å². The summed E-state index contributed by atoms with van der Waals surface area (Å²) in [6, 6.07) is 8.59. The van der Waals surface area contributed by atoms with Crippen LogP contribution in [0.15, 0.2) is 35.7 Å². The van der Waals surface area contributed by atoms with Crippen LogP contribution in [0.2, 0.25) is 5.15 Å². The number of benzene rings is 1. The fourth-order valence-corrected chi connectivity index (χ4v) is 1.50. The number of rotatable bonds is 1. The number of nitrogen functional groups attached to an aromatic ring is 1. The van der Waals surface area contributed by atoms with Crippen molar-refractivity contribution in [3.05, 3.63) is 46.4 Å². The van der Waals surface area contributed by atoms with Crippen LogP contribution in [0.25, 0.3) is 0 Å². The second-order valence-electron chi connectivity index (χ2n) is 2.61. The fourth-order valence-electron chi connectivity index (χ4n) is 0.830. The highest BCUT2D eigenvalue weighted by molar-refractivity contribution is 7.03. The fraction of sp³-hybridized carbons (Fsp3) is 0. The van der Waals surface area contributed by atoms with Gasteiger partial charge in [-0.25, -0.2) is 0 Å². The highest BCUT2D eigenvalue weighted by atomic mass is 35.5. The molecule has 1 aromatic carbocycles. The molecule has 0 aliphatic heterocycles. The van der Waals surface area contributed by atoms with E-state index in [1.807, 2.05) is 5.38 Å². The van der Waals surface area contributed by atoms with E-state index in [1.54, 1.807) is 30.3 Å². The molecule has 0 saturated heterocycles. The van der Waals surface area contributed by atoms with Crippen LogP contribution >= 0.6 is 23.1 Å². The highest BCUT2D eigenvalue weighted by Gasteiger charge is 1.86. The Morgan fingerprint density at radius 2 is 2.20 bits per heavy atom. The molecule has 0 atom stereocenters. The summed E-state index contributed by atoms with van der Waals surface area (Å²) < 4.78 is 3.72. The molecule has 5 heteroatoms. The van der Waals surface area contributed by atoms with Crippen LogP contribution in [-0.2, 0) is 0 Å². The Hall–Kier alpha value is -1.39. The first-order valence-electron chi connectivity index (χ1n) is 4.09. The lowest BCUT2D eigenvalue weighted by Gasteiger charge is -1.90. The molecule has 2 rings (SSSR count). The molecule has 0 amide bonds. The van der Waals surface area contributed by atoms with E-state index in [2.05, 4.69) is 4.37 Å². The molecule has 2 N–H and O–H groups in total. The number of carbonyl (C=O) groups excluding carboxylic acids is 1. The van der Waals surface area contributed by atoms with E-state index in [0.29, 0.717) is 16.4 Å². The van der Waals surface area contributed by atoms with Crippen molar-refractivity contribution in [3.8, 4) is 0 Å². The van der Waals surface area contributed by atoms with Gasteiger partial charge in [0.15, 0.2) is 0 Å². The van der Waals surface area contributed by atoms with Gasteiger partial charge in [0.2, 0.25) is 0 Å². The van der Waals surface area contributed by atoms with E-state index in [0.717, 1.165) is 6.29 Å². The van der Waals surface area contributed by atoms with E-state index in [-0.39, 0.29) is 0 Å². The maximum absolute atomic E-state index is 10.1. The van der Waals surface area contributed by atoms with Crippen molar-refractivity contribution in [2.45, 2.75) is 0 Å². The van der Waals surface area contributed by atoms with Gasteiger partial charge in [-0.3, -0.25) is 4.79 Å². The van der Waals surface area contributed by atoms with Crippen molar-refractivity contribution in [1.29, 1.82) is 0 Å². The Bertz CT molecular complexity index is 417. The molecule has 78 valence electrons. The predicted molar refractivity (Wildman–Crippen MR) is 63.4 cm³/mol. The molecular formula is C10H9ClN2OS. The van der Waals surface area contributed by atoms with Crippen LogP contribution in [0.1, 0.15) is 10.4 Å². The summed E-state index contributed by atoms with van der Waals surface area (Å²) in [5.74, 6) is 0. The van der Waals surface area contributed by atoms with Gasteiger partial charge in [0.1, 0.15) is 11.4 Å². The molecule has 1 heterocycles. The summed E-state index contributed by atoms with van der Waals surface area (Å²) in [5.41, 5.74) is 6.62. The molecule has 0 saturated carbocycles. The van der Waals surface area contributed by atoms with Gasteiger partial charge in [-0.1, -0.05) is 23.7 Å². The lowest BCUT2D eigenvalue weighted by atomic mass is 10.2. The highest BCUT2D eigenvalue weighted by Crippen LogP contribution is 2.04. The number of halogens is 1. The van der Waals surface area contributed by atoms with Gasteiger partial charge in [0, 0.05) is 16.6 Å². The van der Waals surface area contributed by atoms with Crippen molar-refractivity contribution in [2.24, 2.45) is 0 Å². The molecule has 15 heavy (non-hydrogen) atoms. The van der Waals surface area contributed by atoms with Crippen molar-refractivity contribution in [2.75, 3.05) is 5.73 Å². The zero-order valence-corrected chi connectivity index (χ0v) is 9.33. The Balaban J connectivity index is 0.000000162. The van der Waals surface area contributed by atoms with Crippen molar-refractivity contribution in [1.82, 2.24) is 4.37 Å². The van der Waals surface area contributed by atoms with Crippen molar-refractivity contribution < 1.29 is 4.79 Å². The van der Waals surface area contributed by atoms with E-state index < -0.39 is 0 Å². The number of hydrogen-bond donors (Lipinski definition) is 1. The second kappa shape index (κ2) is 6.16. The van der Waals surface area contributed by atoms with Crippen LogP contribution in [0.4, 0.5) is 5.69 Å². The molecular weight excluding hydrogens is 232 g/mol. The Kier molecular flexibility index (Phi) is 4.80. The normalized spacial score (nSPS) is 8.87. The summed E-state index contributed by atoms with van der Waals surface area (Å²) in [7, 11) is 0. The topological polar surface area (TPSA) is 56.0 Å². The minimum atomic E-state index is 0.583. The zero-order chi connectivity index (χ0) is 11.1. The molecule has 0 bridgehead atoms. The minimum absolute atomic E-state index is 0.583. The molecule has 3 nitrogen and oxygen atoms in total. The summed E-state index contributed by atoms with van der Waals surface area (Å²) in [6.45, 7) is 0. The predicted octanol–water partition coefficient (Wildman–Crippen LogP) is 2.88. The Morgan fingerprint density at radius 1 is 1.40 bits per heavy atom. The van der Waals surface area contributed by atoms with E-state index >= 15 is 0 Å². The standard InChI is InChI=1S/C7H7NO.C3H2ClNS/c8-7-3-1-2-6(4-7)5-9;4-3-1-2-6-5-3/h1-5H,8H2;1-2H. The number of hydrogen-bond acceptors (Lipinski definition) is 4. The number of aldehydes is 1. The molecule has 0 radical (unpaired) electrons. The Labute approximate surface area is 96.7 Å². The van der Waals surface area contributed by atoms with Crippen LogP contribution in [0, 0.1) is 0 Å². The molecule has 0 aliphatic carbocycles. The number of anilines is 1. The first-order chi connectivity index (χ1) is 7.22. The number of nitrogens with zero attached hydrogens (tertiary/aromatic N) is 1. The first kappa shape index (κ1) is 11.7. The smallest absolute Gasteiger partial charge is 0.150 e. The van der Waals surface area contributed by atoms with E-state index in [9.17, 15) is 4.79 Å².